The van der Waals surface area contributed by atoms with Crippen molar-refractivity contribution in [3.63, 3.8) is 0 Å². The van der Waals surface area contributed by atoms with Crippen molar-refractivity contribution in [2.45, 2.75) is 37.3 Å². The Morgan fingerprint density at radius 3 is 2.46 bits per heavy atom. The van der Waals surface area contributed by atoms with E-state index in [0.29, 0.717) is 31.1 Å². The van der Waals surface area contributed by atoms with E-state index in [9.17, 15) is 4.79 Å². The maximum absolute atomic E-state index is 14.3. The van der Waals surface area contributed by atoms with Gasteiger partial charge in [0.2, 0.25) is 5.90 Å². The molecule has 0 radical (unpaired) electrons. The van der Waals surface area contributed by atoms with Gasteiger partial charge in [0.15, 0.2) is 11.6 Å². The minimum atomic E-state index is -1.13. The van der Waals surface area contributed by atoms with Crippen molar-refractivity contribution in [2.24, 2.45) is 4.99 Å². The summed E-state index contributed by atoms with van der Waals surface area (Å²) in [6.45, 7) is 2.01. The highest BCUT2D eigenvalue weighted by Gasteiger charge is 2.54. The zero-order valence-electron chi connectivity index (χ0n) is 21.8. The Balaban J connectivity index is 1.53. The predicted octanol–water partition coefficient (Wildman–Crippen LogP) is 6.19. The number of amides is 1. The van der Waals surface area contributed by atoms with Crippen LogP contribution in [0.15, 0.2) is 94.4 Å². The van der Waals surface area contributed by atoms with Crippen molar-refractivity contribution >= 4 is 33.8 Å². The molecule has 0 spiro atoms. The summed E-state index contributed by atoms with van der Waals surface area (Å²) in [5, 5.41) is 9.01. The Morgan fingerprint density at radius 1 is 1.05 bits per heavy atom. The lowest BCUT2D eigenvalue weighted by atomic mass is 9.83. The van der Waals surface area contributed by atoms with Crippen LogP contribution < -0.4 is 4.74 Å². The molecular weight excluding hydrogens is 556 g/mol. The van der Waals surface area contributed by atoms with Crippen molar-refractivity contribution in [1.29, 1.82) is 0 Å². The number of hydrogen-bond acceptors (Lipinski definition) is 5. The molecule has 39 heavy (non-hydrogen) atoms. The number of aliphatic imine (C=N–C) groups is 1. The van der Waals surface area contributed by atoms with Crippen LogP contribution in [0, 0.1) is 0 Å². The van der Waals surface area contributed by atoms with Crippen LogP contribution in [-0.2, 0) is 9.53 Å². The van der Waals surface area contributed by atoms with Gasteiger partial charge in [0.1, 0.15) is 5.75 Å². The number of carbonyl (C=O) groups excluding carboxylic acids is 1. The highest BCUT2D eigenvalue weighted by molar-refractivity contribution is 9.10. The highest BCUT2D eigenvalue weighted by Crippen LogP contribution is 2.44. The minimum absolute atomic E-state index is 0.00425. The van der Waals surface area contributed by atoms with Crippen LogP contribution in [0.3, 0.4) is 0 Å². The topological polar surface area (TPSA) is 71.4 Å². The van der Waals surface area contributed by atoms with Crippen LogP contribution in [0.1, 0.15) is 48.5 Å². The number of halogens is 1. The van der Waals surface area contributed by atoms with E-state index in [-0.39, 0.29) is 12.5 Å². The van der Waals surface area contributed by atoms with Crippen molar-refractivity contribution in [3.05, 3.63) is 106 Å². The zero-order valence-corrected chi connectivity index (χ0v) is 23.4. The lowest BCUT2D eigenvalue weighted by Crippen LogP contribution is -2.49. The van der Waals surface area contributed by atoms with Gasteiger partial charge < -0.3 is 19.5 Å². The third kappa shape index (κ3) is 6.26. The Morgan fingerprint density at radius 2 is 1.77 bits per heavy atom. The molecule has 6 nitrogen and oxygen atoms in total. The SMILES string of the molecule is O=C(N1CCCC1)[C@]1(C/C=C/c2ccccc2)N=C(c2ccc(OCCCO)cc2)O[C@@H]1c1ccc(Br)cc1. The van der Waals surface area contributed by atoms with Crippen LogP contribution in [0.2, 0.25) is 0 Å². The van der Waals surface area contributed by atoms with Gasteiger partial charge in [-0.2, -0.15) is 0 Å². The van der Waals surface area contributed by atoms with Crippen molar-refractivity contribution in [1.82, 2.24) is 4.90 Å². The van der Waals surface area contributed by atoms with Gasteiger partial charge in [-0.1, -0.05) is 70.5 Å². The summed E-state index contributed by atoms with van der Waals surface area (Å²) in [6, 6.07) is 25.6. The third-order valence-electron chi connectivity index (χ3n) is 7.11. The summed E-state index contributed by atoms with van der Waals surface area (Å²) in [6.07, 6.45) is 6.50. The number of nitrogens with zero attached hydrogens (tertiary/aromatic N) is 2. The largest absolute Gasteiger partial charge is 0.494 e. The lowest BCUT2D eigenvalue weighted by molar-refractivity contribution is -0.138. The van der Waals surface area contributed by atoms with E-state index < -0.39 is 11.6 Å². The monoisotopic (exact) mass is 588 g/mol. The summed E-state index contributed by atoms with van der Waals surface area (Å²) in [5.41, 5.74) is 1.63. The average molecular weight is 590 g/mol. The summed E-state index contributed by atoms with van der Waals surface area (Å²) in [5.74, 6) is 1.16. The van der Waals surface area contributed by atoms with Gasteiger partial charge in [0.05, 0.1) is 6.61 Å². The van der Waals surface area contributed by atoms with E-state index in [4.69, 9.17) is 19.6 Å². The van der Waals surface area contributed by atoms with Gasteiger partial charge in [-0.05, 0) is 60.4 Å². The maximum atomic E-state index is 14.3. The molecule has 202 valence electrons. The van der Waals surface area contributed by atoms with Crippen LogP contribution in [0.5, 0.6) is 5.75 Å². The second-order valence-electron chi connectivity index (χ2n) is 9.86. The van der Waals surface area contributed by atoms with E-state index in [1.165, 1.54) is 0 Å². The molecule has 1 amide bonds. The lowest BCUT2D eigenvalue weighted by Gasteiger charge is -2.33. The highest BCUT2D eigenvalue weighted by atomic mass is 79.9. The second kappa shape index (κ2) is 12.6. The molecule has 0 saturated carbocycles. The number of benzene rings is 3. The van der Waals surface area contributed by atoms with E-state index >= 15 is 0 Å². The molecule has 2 aliphatic heterocycles. The Hall–Kier alpha value is -3.42. The molecule has 0 bridgehead atoms. The van der Waals surface area contributed by atoms with E-state index in [2.05, 4.69) is 15.9 Å². The zero-order chi connectivity index (χ0) is 27.1. The van der Waals surface area contributed by atoms with Crippen LogP contribution in [-0.4, -0.2) is 53.7 Å². The molecular formula is C32H33BrN2O4. The van der Waals surface area contributed by atoms with Gasteiger partial charge in [0, 0.05) is 42.6 Å². The molecule has 3 aromatic carbocycles. The van der Waals surface area contributed by atoms with Crippen molar-refractivity contribution < 1.29 is 19.4 Å². The first-order valence-corrected chi connectivity index (χ1v) is 14.3. The van der Waals surface area contributed by atoms with Crippen LogP contribution in [0.25, 0.3) is 6.08 Å². The molecule has 0 aromatic heterocycles. The molecule has 0 unspecified atom stereocenters. The number of carbonyl (C=O) groups is 1. The molecule has 1 N–H and O–H groups in total. The normalized spacial score (nSPS) is 20.7. The summed E-state index contributed by atoms with van der Waals surface area (Å²) >= 11 is 3.53. The first-order chi connectivity index (χ1) is 19.1. The Labute approximate surface area is 238 Å². The number of aliphatic hydroxyl groups excluding tert-OH is 1. The fourth-order valence-corrected chi connectivity index (χ4v) is 5.33. The van der Waals surface area contributed by atoms with Gasteiger partial charge in [0.25, 0.3) is 5.91 Å². The number of rotatable bonds is 10. The molecule has 2 heterocycles. The fourth-order valence-electron chi connectivity index (χ4n) is 5.07. The minimum Gasteiger partial charge on any atom is -0.494 e. The van der Waals surface area contributed by atoms with Crippen LogP contribution in [0.4, 0.5) is 0 Å². The molecule has 2 atom stereocenters. The standard InChI is InChI=1S/C32H33BrN2O4/c33-27-15-11-25(12-16-27)29-32(31(37)35-20-4-5-21-35,19-6-10-24-8-2-1-3-9-24)34-30(39-29)26-13-17-28(18-14-26)38-23-7-22-36/h1-3,6,8-18,29,36H,4-5,7,19-23H2/b10-6+/t29-,32-/m1/s1. The number of ether oxygens (including phenoxy) is 2. The number of aliphatic hydroxyl groups is 1. The summed E-state index contributed by atoms with van der Waals surface area (Å²) < 4.78 is 13.2. The van der Waals surface area contributed by atoms with Crippen molar-refractivity contribution in [3.8, 4) is 5.75 Å². The number of likely N-dealkylation sites (tertiary alicyclic amines) is 1. The average Bonchev–Trinajstić information content (AvgIpc) is 3.64. The fraction of sp³-hybridized carbons (Fsp3) is 0.312. The summed E-state index contributed by atoms with van der Waals surface area (Å²) in [4.78, 5) is 21.4. The maximum Gasteiger partial charge on any atom is 0.255 e. The quantitative estimate of drug-likeness (QED) is 0.286. The predicted molar refractivity (Wildman–Crippen MR) is 157 cm³/mol. The molecule has 0 aliphatic carbocycles. The summed E-state index contributed by atoms with van der Waals surface area (Å²) in [7, 11) is 0. The Bertz CT molecular complexity index is 1300. The molecule has 2 aliphatic rings. The first-order valence-electron chi connectivity index (χ1n) is 13.5. The third-order valence-corrected chi connectivity index (χ3v) is 7.64. The Kier molecular flexibility index (Phi) is 8.79. The van der Waals surface area contributed by atoms with Gasteiger partial charge >= 0.3 is 0 Å². The smallest absolute Gasteiger partial charge is 0.255 e. The van der Waals surface area contributed by atoms with E-state index in [1.54, 1.807) is 0 Å². The molecule has 7 heteroatoms. The molecule has 5 rings (SSSR count). The second-order valence-corrected chi connectivity index (χ2v) is 10.8. The van der Waals surface area contributed by atoms with Gasteiger partial charge in [-0.25, -0.2) is 4.99 Å². The molecule has 1 fully saturated rings. The van der Waals surface area contributed by atoms with Gasteiger partial charge in [-0.3, -0.25) is 4.79 Å². The van der Waals surface area contributed by atoms with Gasteiger partial charge in [-0.15, -0.1) is 0 Å². The molecule has 3 aromatic rings. The van der Waals surface area contributed by atoms with E-state index in [0.717, 1.165) is 47.1 Å². The molecule has 1 saturated heterocycles. The number of hydrogen-bond donors (Lipinski definition) is 1. The van der Waals surface area contributed by atoms with Crippen molar-refractivity contribution in [2.75, 3.05) is 26.3 Å². The first kappa shape index (κ1) is 27.2. The van der Waals surface area contributed by atoms with Crippen LogP contribution >= 0.6 is 15.9 Å². The van der Waals surface area contributed by atoms with E-state index in [1.807, 2.05) is 95.9 Å².